The summed E-state index contributed by atoms with van der Waals surface area (Å²) in [7, 11) is 0. The zero-order valence-corrected chi connectivity index (χ0v) is 22.7. The third-order valence-corrected chi connectivity index (χ3v) is 7.16. The molecule has 1 N–H and O–H groups in total. The van der Waals surface area contributed by atoms with Crippen LogP contribution in [0.3, 0.4) is 0 Å². The Kier molecular flexibility index (Phi) is 8.20. The van der Waals surface area contributed by atoms with Gasteiger partial charge in [-0.1, -0.05) is 13.8 Å². The number of nitrogens with zero attached hydrogens (tertiary/aromatic N) is 5. The van der Waals surface area contributed by atoms with Crippen molar-refractivity contribution in [1.82, 2.24) is 24.1 Å². The summed E-state index contributed by atoms with van der Waals surface area (Å²) >= 11 is 0. The fourth-order valence-corrected chi connectivity index (χ4v) is 5.13. The number of carbonyl (C=O) groups excluding carboxylic acids is 1. The van der Waals surface area contributed by atoms with E-state index < -0.39 is 5.95 Å². The van der Waals surface area contributed by atoms with Crippen LogP contribution in [0.2, 0.25) is 0 Å². The molecule has 11 heteroatoms. The molecule has 1 amide bonds. The third-order valence-electron chi connectivity index (χ3n) is 7.16. The van der Waals surface area contributed by atoms with Crippen molar-refractivity contribution in [3.8, 4) is 11.3 Å². The molecule has 1 aliphatic heterocycles. The van der Waals surface area contributed by atoms with Crippen LogP contribution >= 0.6 is 0 Å². The first-order valence-electron chi connectivity index (χ1n) is 13.8. The normalized spacial score (nSPS) is 15.1. The predicted molar refractivity (Wildman–Crippen MR) is 150 cm³/mol. The summed E-state index contributed by atoms with van der Waals surface area (Å²) in [4.78, 5) is 52.5. The van der Waals surface area contributed by atoms with Crippen LogP contribution in [0, 0.1) is 5.95 Å². The first-order chi connectivity index (χ1) is 19.4. The molecule has 40 heavy (non-hydrogen) atoms. The summed E-state index contributed by atoms with van der Waals surface area (Å²) in [6.07, 6.45) is 6.91. The molecule has 1 atom stereocenters. The zero-order chi connectivity index (χ0) is 28.2. The van der Waals surface area contributed by atoms with Gasteiger partial charge in [-0.2, -0.15) is 4.39 Å². The summed E-state index contributed by atoms with van der Waals surface area (Å²) in [5, 5.41) is 0. The number of hydrogen-bond donors (Lipinski definition) is 1. The molecule has 4 aromatic heterocycles. The van der Waals surface area contributed by atoms with Gasteiger partial charge in [-0.15, -0.1) is 0 Å². The number of aromatic amines is 1. The van der Waals surface area contributed by atoms with E-state index in [1.807, 2.05) is 19.9 Å². The molecule has 0 spiro atoms. The van der Waals surface area contributed by atoms with Gasteiger partial charge in [0.05, 0.1) is 17.2 Å². The van der Waals surface area contributed by atoms with Crippen molar-refractivity contribution in [2.45, 2.75) is 65.1 Å². The molecule has 1 fully saturated rings. The average Bonchev–Trinajstić information content (AvgIpc) is 3.65. The van der Waals surface area contributed by atoms with Crippen molar-refractivity contribution in [1.29, 1.82) is 0 Å². The fourth-order valence-electron chi connectivity index (χ4n) is 5.13. The van der Waals surface area contributed by atoms with Crippen molar-refractivity contribution in [2.24, 2.45) is 0 Å². The fraction of sp³-hybridized carbons (Fsp3) is 0.414. The van der Waals surface area contributed by atoms with Crippen molar-refractivity contribution in [2.75, 3.05) is 18.1 Å². The molecule has 0 aromatic carbocycles. The Bertz CT molecular complexity index is 1600. The van der Waals surface area contributed by atoms with Gasteiger partial charge in [0.2, 0.25) is 5.95 Å². The quantitative estimate of drug-likeness (QED) is 0.298. The second kappa shape index (κ2) is 12.0. The molecule has 1 saturated heterocycles. The number of fused-ring (bicyclic) bond motifs is 1. The highest BCUT2D eigenvalue weighted by Crippen LogP contribution is 2.25. The Morgan fingerprint density at radius 1 is 1.10 bits per heavy atom. The molecule has 0 aliphatic carbocycles. The molecule has 5 rings (SSSR count). The maximum Gasteiger partial charge on any atom is 0.331 e. The highest BCUT2D eigenvalue weighted by Gasteiger charge is 2.23. The van der Waals surface area contributed by atoms with Crippen LogP contribution in [0.4, 0.5) is 10.2 Å². The molecular formula is C29H33FN6O4. The van der Waals surface area contributed by atoms with Crippen molar-refractivity contribution in [3.05, 3.63) is 75.1 Å². The van der Waals surface area contributed by atoms with E-state index in [1.54, 1.807) is 27.8 Å². The van der Waals surface area contributed by atoms with E-state index >= 15 is 0 Å². The largest absolute Gasteiger partial charge is 0.378 e. The Balaban J connectivity index is 1.48. The molecule has 0 radical (unpaired) electrons. The lowest BCUT2D eigenvalue weighted by molar-refractivity contribution is 0.0947. The molecule has 5 heterocycles. The number of H-pyrrole nitrogens is 1. The number of aromatic nitrogens is 5. The highest BCUT2D eigenvalue weighted by atomic mass is 19.1. The molecule has 4 aromatic rings. The smallest absolute Gasteiger partial charge is 0.331 e. The van der Waals surface area contributed by atoms with E-state index in [9.17, 15) is 18.8 Å². The van der Waals surface area contributed by atoms with E-state index in [-0.39, 0.29) is 28.8 Å². The van der Waals surface area contributed by atoms with Gasteiger partial charge in [0, 0.05) is 49.9 Å². The Hall–Kier alpha value is -4.12. The number of nitrogens with one attached hydrogen (secondary N) is 1. The third kappa shape index (κ3) is 5.46. The van der Waals surface area contributed by atoms with Gasteiger partial charge >= 0.3 is 5.69 Å². The van der Waals surface area contributed by atoms with Gasteiger partial charge in [-0.05, 0) is 62.4 Å². The van der Waals surface area contributed by atoms with Gasteiger partial charge in [-0.25, -0.2) is 14.8 Å². The summed E-state index contributed by atoms with van der Waals surface area (Å²) in [6, 6.07) is 7.91. The van der Waals surface area contributed by atoms with Crippen molar-refractivity contribution in [3.63, 3.8) is 0 Å². The SMILES string of the molecule is CCCn1c(=O)c2[nH]c(-c3ccc(N(CCC4CCCO4)C(=O)c4ccc(F)nc4)nc3)cc2n(CCC)c1=O. The first-order valence-corrected chi connectivity index (χ1v) is 13.8. The molecule has 1 unspecified atom stereocenters. The van der Waals surface area contributed by atoms with E-state index in [2.05, 4.69) is 15.0 Å². The van der Waals surface area contributed by atoms with E-state index in [0.29, 0.717) is 67.2 Å². The molecule has 1 aliphatic rings. The van der Waals surface area contributed by atoms with Gasteiger partial charge in [0.25, 0.3) is 11.5 Å². The molecule has 0 bridgehead atoms. The van der Waals surface area contributed by atoms with E-state index in [4.69, 9.17) is 4.74 Å². The highest BCUT2D eigenvalue weighted by molar-refractivity contribution is 6.05. The maximum absolute atomic E-state index is 13.4. The van der Waals surface area contributed by atoms with E-state index in [0.717, 1.165) is 25.3 Å². The van der Waals surface area contributed by atoms with Crippen molar-refractivity contribution >= 4 is 22.8 Å². The minimum atomic E-state index is -0.658. The summed E-state index contributed by atoms with van der Waals surface area (Å²) in [5.41, 5.74) is 1.88. The molecule has 10 nitrogen and oxygen atoms in total. The second-order valence-corrected chi connectivity index (χ2v) is 9.99. The topological polar surface area (TPSA) is 115 Å². The number of rotatable bonds is 10. The van der Waals surface area contributed by atoms with E-state index in [1.165, 1.54) is 16.8 Å². The number of carbonyl (C=O) groups is 1. The number of hydrogen-bond acceptors (Lipinski definition) is 6. The molecule has 210 valence electrons. The predicted octanol–water partition coefficient (Wildman–Crippen LogP) is 4.12. The molecule has 0 saturated carbocycles. The van der Waals surface area contributed by atoms with Gasteiger partial charge < -0.3 is 9.72 Å². The number of aryl methyl sites for hydroxylation is 1. The van der Waals surface area contributed by atoms with Crippen LogP contribution in [0.15, 0.2) is 52.3 Å². The lowest BCUT2D eigenvalue weighted by atomic mass is 10.1. The maximum atomic E-state index is 13.4. The lowest BCUT2D eigenvalue weighted by Gasteiger charge is -2.23. The number of amides is 1. The van der Waals surface area contributed by atoms with Crippen LogP contribution in [0.5, 0.6) is 0 Å². The van der Waals surface area contributed by atoms with Crippen LogP contribution in [0.25, 0.3) is 22.3 Å². The Morgan fingerprint density at radius 3 is 2.55 bits per heavy atom. The van der Waals surface area contributed by atoms with Crippen LogP contribution < -0.4 is 16.1 Å². The summed E-state index contributed by atoms with van der Waals surface area (Å²) in [6.45, 7) is 5.84. The Morgan fingerprint density at radius 2 is 1.90 bits per heavy atom. The van der Waals surface area contributed by atoms with Gasteiger partial charge in [-0.3, -0.25) is 23.6 Å². The van der Waals surface area contributed by atoms with Crippen LogP contribution in [-0.2, 0) is 17.8 Å². The first kappa shape index (κ1) is 27.4. The lowest BCUT2D eigenvalue weighted by Crippen LogP contribution is -2.39. The van der Waals surface area contributed by atoms with Crippen molar-refractivity contribution < 1.29 is 13.9 Å². The number of ether oxygens (including phenoxy) is 1. The minimum absolute atomic E-state index is 0.0738. The summed E-state index contributed by atoms with van der Waals surface area (Å²) in [5.74, 6) is -0.564. The van der Waals surface area contributed by atoms with Gasteiger partial charge in [0.1, 0.15) is 11.3 Å². The van der Waals surface area contributed by atoms with Crippen LogP contribution in [-0.4, -0.2) is 49.2 Å². The zero-order valence-electron chi connectivity index (χ0n) is 22.7. The number of halogens is 1. The number of anilines is 1. The van der Waals surface area contributed by atoms with Crippen LogP contribution in [0.1, 0.15) is 56.3 Å². The summed E-state index contributed by atoms with van der Waals surface area (Å²) < 4.78 is 22.0. The average molecular weight is 549 g/mol. The Labute approximate surface area is 230 Å². The molecular weight excluding hydrogens is 515 g/mol. The minimum Gasteiger partial charge on any atom is -0.378 e. The monoisotopic (exact) mass is 548 g/mol. The second-order valence-electron chi connectivity index (χ2n) is 9.99. The standard InChI is InChI=1S/C29H33FN6O4/c1-3-12-34-23-16-22(33-26(23)28(38)36(13-4-2)29(34)39)19-8-10-25(32-17-19)35(14-11-21-6-5-15-40-21)27(37)20-7-9-24(30)31-18-20/h7-10,16-18,21,33H,3-6,11-15H2,1-2H3. The van der Waals surface area contributed by atoms with Gasteiger partial charge in [0.15, 0.2) is 0 Å². The number of pyridine rings is 2.